The van der Waals surface area contributed by atoms with E-state index in [1.54, 1.807) is 0 Å². The van der Waals surface area contributed by atoms with Crippen LogP contribution in [-0.2, 0) is 10.2 Å². The van der Waals surface area contributed by atoms with E-state index in [0.29, 0.717) is 5.92 Å². The Morgan fingerprint density at radius 2 is 1.66 bits per heavy atom. The number of hydrogen-bond donors (Lipinski definition) is 0. The zero-order chi connectivity index (χ0) is 24.1. The Morgan fingerprint density at radius 1 is 1.03 bits per heavy atom. The molecule has 172 valence electrons. The van der Waals surface area contributed by atoms with Crippen molar-refractivity contribution in [2.24, 2.45) is 0 Å². The number of carbonyl (C=O) groups is 1. The van der Waals surface area contributed by atoms with Crippen molar-refractivity contribution in [3.63, 3.8) is 0 Å². The van der Waals surface area contributed by atoms with Crippen LogP contribution in [0.4, 0.5) is 0 Å². The van der Waals surface area contributed by atoms with E-state index >= 15 is 0 Å². The summed E-state index contributed by atoms with van der Waals surface area (Å²) in [6.45, 7) is 21.2. The van der Waals surface area contributed by atoms with Crippen molar-refractivity contribution in [2.75, 3.05) is 7.05 Å². The van der Waals surface area contributed by atoms with Crippen LogP contribution in [-0.4, -0.2) is 33.3 Å². The Balaban J connectivity index is 2.46. The van der Waals surface area contributed by atoms with Gasteiger partial charge < -0.3 is 9.30 Å². The number of rotatable bonds is 5. The quantitative estimate of drug-likeness (QED) is 0.460. The van der Waals surface area contributed by atoms with Crippen LogP contribution in [0.15, 0.2) is 24.4 Å². The number of benzene rings is 1. The molecule has 4 heteroatoms. The number of aromatic nitrogens is 2. The van der Waals surface area contributed by atoms with Crippen LogP contribution in [0.5, 0.6) is 0 Å². The number of pyridine rings is 1. The fourth-order valence-electron chi connectivity index (χ4n) is 4.67. The molecule has 1 aromatic carbocycles. The lowest BCUT2D eigenvalue weighted by atomic mass is 9.83. The number of nitrogens with zero attached hydrogens (tertiary/aromatic N) is 3. The maximum Gasteiger partial charge on any atom is 0.234 e. The van der Waals surface area contributed by atoms with E-state index in [4.69, 9.17) is 4.98 Å². The summed E-state index contributed by atoms with van der Waals surface area (Å²) in [5, 5.41) is 0. The molecule has 32 heavy (non-hydrogen) atoms. The third-order valence-electron chi connectivity index (χ3n) is 6.99. The van der Waals surface area contributed by atoms with Gasteiger partial charge in [-0.15, -0.1) is 0 Å². The molecule has 0 aliphatic heterocycles. The monoisotopic (exact) mass is 433 g/mol. The van der Waals surface area contributed by atoms with Gasteiger partial charge in [-0.2, -0.15) is 0 Å². The van der Waals surface area contributed by atoms with Gasteiger partial charge in [-0.1, -0.05) is 37.6 Å². The topological polar surface area (TPSA) is 37.6 Å². The van der Waals surface area contributed by atoms with Crippen LogP contribution in [0.3, 0.4) is 0 Å². The van der Waals surface area contributed by atoms with Crippen molar-refractivity contribution in [3.05, 3.63) is 57.9 Å². The highest BCUT2D eigenvalue weighted by Gasteiger charge is 2.39. The molecular weight excluding hydrogens is 394 g/mol. The van der Waals surface area contributed by atoms with Crippen molar-refractivity contribution in [3.8, 4) is 11.3 Å². The molecule has 0 fully saturated rings. The zero-order valence-corrected chi connectivity index (χ0v) is 21.7. The van der Waals surface area contributed by atoms with Crippen LogP contribution in [0.1, 0.15) is 81.0 Å². The predicted molar refractivity (Wildman–Crippen MR) is 135 cm³/mol. The van der Waals surface area contributed by atoms with Crippen LogP contribution >= 0.6 is 0 Å². The lowest BCUT2D eigenvalue weighted by Crippen LogP contribution is -2.45. The summed E-state index contributed by atoms with van der Waals surface area (Å²) in [4.78, 5) is 20.7. The number of imidazole rings is 1. The molecule has 2 heterocycles. The molecule has 3 rings (SSSR count). The van der Waals surface area contributed by atoms with Crippen LogP contribution < -0.4 is 0 Å². The van der Waals surface area contributed by atoms with Gasteiger partial charge in [0.05, 0.1) is 16.8 Å². The highest BCUT2D eigenvalue weighted by molar-refractivity contribution is 5.90. The zero-order valence-electron chi connectivity index (χ0n) is 21.7. The van der Waals surface area contributed by atoms with Gasteiger partial charge in [-0.3, -0.25) is 4.79 Å². The van der Waals surface area contributed by atoms with Crippen LogP contribution in [0.25, 0.3) is 16.9 Å². The van der Waals surface area contributed by atoms with Gasteiger partial charge in [-0.05, 0) is 83.6 Å². The van der Waals surface area contributed by atoms with E-state index in [1.807, 2.05) is 25.8 Å². The number of likely N-dealkylation sites (N-methyl/N-ethyl adjacent to an activating group) is 1. The molecule has 0 aliphatic carbocycles. The van der Waals surface area contributed by atoms with E-state index in [1.165, 1.54) is 27.8 Å². The Morgan fingerprint density at radius 3 is 2.19 bits per heavy atom. The highest BCUT2D eigenvalue weighted by Crippen LogP contribution is 2.39. The third kappa shape index (κ3) is 3.85. The molecule has 0 saturated heterocycles. The summed E-state index contributed by atoms with van der Waals surface area (Å²) < 4.78 is 2.19. The number of aryl methyl sites for hydroxylation is 3. The van der Waals surface area contributed by atoms with E-state index < -0.39 is 5.41 Å². The van der Waals surface area contributed by atoms with Crippen molar-refractivity contribution < 1.29 is 4.79 Å². The molecule has 0 saturated carbocycles. The van der Waals surface area contributed by atoms with Crippen molar-refractivity contribution in [2.45, 2.75) is 86.6 Å². The summed E-state index contributed by atoms with van der Waals surface area (Å²) in [6.07, 6.45) is 2.21. The summed E-state index contributed by atoms with van der Waals surface area (Å²) in [5.74, 6) is 0.486. The molecule has 0 aliphatic rings. The van der Waals surface area contributed by atoms with Crippen molar-refractivity contribution in [1.29, 1.82) is 0 Å². The Labute approximate surface area is 193 Å². The summed E-state index contributed by atoms with van der Waals surface area (Å²) in [7, 11) is 1.89. The first-order valence-electron chi connectivity index (χ1n) is 11.7. The van der Waals surface area contributed by atoms with Crippen LogP contribution in [0.2, 0.25) is 0 Å². The average molecular weight is 434 g/mol. The normalized spacial score (nSPS) is 12.3. The standard InChI is InChI=1S/C28H39N3O/c1-16(2)23-15-31-25(28(9,10)27(32)30(11)17(3)4)24(29-26(31)21(8)20(23)7)22-13-12-18(5)14-19(22)6/h12-17H,1-11H3. The minimum Gasteiger partial charge on any atom is -0.343 e. The molecule has 0 unspecified atom stereocenters. The second kappa shape index (κ2) is 8.38. The minimum atomic E-state index is -0.749. The molecule has 3 aromatic rings. The molecule has 4 nitrogen and oxygen atoms in total. The molecule has 0 spiro atoms. The summed E-state index contributed by atoms with van der Waals surface area (Å²) in [6, 6.07) is 6.59. The van der Waals surface area contributed by atoms with Gasteiger partial charge in [-0.25, -0.2) is 4.98 Å². The average Bonchev–Trinajstić information content (AvgIpc) is 3.09. The number of carbonyl (C=O) groups excluding carboxylic acids is 1. The fraction of sp³-hybridized carbons (Fsp3) is 0.500. The fourth-order valence-corrected chi connectivity index (χ4v) is 4.67. The first-order chi connectivity index (χ1) is 14.8. The van der Waals surface area contributed by atoms with Gasteiger partial charge in [0.15, 0.2) is 0 Å². The number of hydrogen-bond acceptors (Lipinski definition) is 2. The molecule has 0 atom stereocenters. The summed E-state index contributed by atoms with van der Waals surface area (Å²) >= 11 is 0. The predicted octanol–water partition coefficient (Wildman–Crippen LogP) is 6.50. The first-order valence-corrected chi connectivity index (χ1v) is 11.7. The number of fused-ring (bicyclic) bond motifs is 1. The smallest absolute Gasteiger partial charge is 0.234 e. The molecule has 2 aromatic heterocycles. The lowest BCUT2D eigenvalue weighted by molar-refractivity contribution is -0.136. The van der Waals surface area contributed by atoms with Gasteiger partial charge in [0.1, 0.15) is 5.65 Å². The molecule has 0 bridgehead atoms. The summed E-state index contributed by atoms with van der Waals surface area (Å²) in [5.41, 5.74) is 9.28. The SMILES string of the molecule is Cc1ccc(-c2nc3c(C)c(C)c(C(C)C)cn3c2C(C)(C)C(=O)N(C)C(C)C)c(C)c1. The minimum absolute atomic E-state index is 0.102. The van der Waals surface area contributed by atoms with E-state index in [0.717, 1.165) is 22.6 Å². The first kappa shape index (κ1) is 24.0. The molecule has 0 N–H and O–H groups in total. The van der Waals surface area contributed by atoms with Crippen LogP contribution in [0, 0.1) is 27.7 Å². The maximum atomic E-state index is 13.7. The second-order valence-electron chi connectivity index (χ2n) is 10.4. The second-order valence-corrected chi connectivity index (χ2v) is 10.4. The molecule has 0 radical (unpaired) electrons. The maximum absolute atomic E-state index is 13.7. The van der Waals surface area contributed by atoms with Gasteiger partial charge in [0.25, 0.3) is 0 Å². The molecule has 1 amide bonds. The Kier molecular flexibility index (Phi) is 6.29. The van der Waals surface area contributed by atoms with Gasteiger partial charge in [0.2, 0.25) is 5.91 Å². The van der Waals surface area contributed by atoms with E-state index in [-0.39, 0.29) is 11.9 Å². The van der Waals surface area contributed by atoms with Gasteiger partial charge in [0, 0.05) is 24.8 Å². The third-order valence-corrected chi connectivity index (χ3v) is 6.99. The van der Waals surface area contributed by atoms with Gasteiger partial charge >= 0.3 is 0 Å². The van der Waals surface area contributed by atoms with Crippen molar-refractivity contribution >= 4 is 11.6 Å². The van der Waals surface area contributed by atoms with E-state index in [2.05, 4.69) is 84.2 Å². The van der Waals surface area contributed by atoms with E-state index in [9.17, 15) is 4.79 Å². The number of amides is 1. The highest BCUT2D eigenvalue weighted by atomic mass is 16.2. The largest absolute Gasteiger partial charge is 0.343 e. The van der Waals surface area contributed by atoms with Crippen molar-refractivity contribution in [1.82, 2.24) is 14.3 Å². The lowest BCUT2D eigenvalue weighted by Gasteiger charge is -2.32. The Bertz CT molecular complexity index is 1180. The Hall–Kier alpha value is -2.62. The molecular formula is C28H39N3O.